The lowest BCUT2D eigenvalue weighted by atomic mass is 9.73. The second-order valence-corrected chi connectivity index (χ2v) is 13.5. The maximum atomic E-state index is 14.4. The van der Waals surface area contributed by atoms with Gasteiger partial charge in [0.25, 0.3) is 0 Å². The molecule has 5 aliphatic rings. The fourth-order valence-corrected chi connectivity index (χ4v) is 8.40. The summed E-state index contributed by atoms with van der Waals surface area (Å²) in [5.41, 5.74) is 0.363. The third-order valence-electron chi connectivity index (χ3n) is 10.8. The predicted octanol–water partition coefficient (Wildman–Crippen LogP) is 5.26. The second kappa shape index (κ2) is 10.5. The number of aryl methyl sites for hydroxylation is 1. The number of benzene rings is 1. The zero-order valence-electron chi connectivity index (χ0n) is 24.0. The monoisotopic (exact) mass is 567 g/mol. The Morgan fingerprint density at radius 2 is 1.77 bits per heavy atom. The Labute approximate surface area is 242 Å². The molecule has 0 unspecified atom stereocenters. The molecule has 2 N–H and O–H groups in total. The number of anilines is 1. The maximum absolute atomic E-state index is 14.4. The summed E-state index contributed by atoms with van der Waals surface area (Å²) in [5, 5.41) is 6.92. The topological polar surface area (TPSA) is 87.7 Å². The first-order valence-electron chi connectivity index (χ1n) is 15.2. The minimum Gasteiger partial charge on any atom is -0.359 e. The number of amides is 3. The lowest BCUT2D eigenvalue weighted by molar-refractivity contribution is -0.146. The standard InChI is InChI=1S/C32H42ClN3O4/c1-17-9-7-10-23(20(17)4)35-30(38)28-32-15-14-25(40-32)26(29(37)34-21-13-12-18(2)22(33)16-21)27(32)31(39)36(28)24-11-6-5-8-19(24)3/h12-17,19-20,23-28H,5-11H2,1-4H3,(H,34,37)(H,35,38)/t17-,19-,20-,23+,24+,25-,26+,27-,28-,32-/m0/s1. The van der Waals surface area contributed by atoms with Gasteiger partial charge in [0.15, 0.2) is 0 Å². The molecular formula is C32H42ClN3O4. The van der Waals surface area contributed by atoms with Gasteiger partial charge in [-0.15, -0.1) is 0 Å². The van der Waals surface area contributed by atoms with Gasteiger partial charge in [-0.25, -0.2) is 0 Å². The number of likely N-dealkylation sites (tertiary alicyclic amines) is 1. The van der Waals surface area contributed by atoms with E-state index in [0.29, 0.717) is 22.5 Å². The predicted molar refractivity (Wildman–Crippen MR) is 155 cm³/mol. The largest absolute Gasteiger partial charge is 0.359 e. The summed E-state index contributed by atoms with van der Waals surface area (Å²) >= 11 is 6.31. The smallest absolute Gasteiger partial charge is 0.246 e. The molecule has 10 atom stereocenters. The number of fused-ring (bicyclic) bond motifs is 1. The first-order chi connectivity index (χ1) is 19.1. The Balaban J connectivity index is 1.33. The van der Waals surface area contributed by atoms with Crippen LogP contribution in [0, 0.1) is 36.5 Å². The van der Waals surface area contributed by atoms with Gasteiger partial charge in [-0.2, -0.15) is 0 Å². The summed E-state index contributed by atoms with van der Waals surface area (Å²) in [6, 6.07) is 4.64. The number of rotatable bonds is 5. The highest BCUT2D eigenvalue weighted by molar-refractivity contribution is 6.31. The molecule has 8 heteroatoms. The van der Waals surface area contributed by atoms with Crippen LogP contribution < -0.4 is 10.6 Å². The van der Waals surface area contributed by atoms with E-state index < -0.39 is 29.6 Å². The summed E-state index contributed by atoms with van der Waals surface area (Å²) in [6.07, 6.45) is 10.5. The fraction of sp³-hybridized carbons (Fsp3) is 0.656. The molecule has 4 fully saturated rings. The molecule has 1 spiro atoms. The molecule has 3 aliphatic heterocycles. The van der Waals surface area contributed by atoms with Crippen molar-refractivity contribution >= 4 is 35.0 Å². The Kier molecular flexibility index (Phi) is 7.27. The number of halogens is 1. The molecule has 2 saturated heterocycles. The fourth-order valence-electron chi connectivity index (χ4n) is 8.22. The van der Waals surface area contributed by atoms with Gasteiger partial charge in [-0.3, -0.25) is 14.4 Å². The van der Waals surface area contributed by atoms with E-state index in [9.17, 15) is 14.4 Å². The van der Waals surface area contributed by atoms with Gasteiger partial charge in [0.05, 0.1) is 17.9 Å². The summed E-state index contributed by atoms with van der Waals surface area (Å²) in [7, 11) is 0. The normalized spacial score (nSPS) is 40.3. The molecule has 7 nitrogen and oxygen atoms in total. The van der Waals surface area contributed by atoms with Crippen molar-refractivity contribution in [2.24, 2.45) is 29.6 Å². The van der Waals surface area contributed by atoms with Gasteiger partial charge in [-0.05, 0) is 61.6 Å². The van der Waals surface area contributed by atoms with Crippen LogP contribution in [0.25, 0.3) is 0 Å². The van der Waals surface area contributed by atoms with E-state index in [1.165, 1.54) is 6.42 Å². The minimum atomic E-state index is -1.14. The van der Waals surface area contributed by atoms with E-state index in [2.05, 4.69) is 31.4 Å². The number of nitrogens with zero attached hydrogens (tertiary/aromatic N) is 1. The van der Waals surface area contributed by atoms with E-state index in [4.69, 9.17) is 16.3 Å². The molecule has 3 heterocycles. The van der Waals surface area contributed by atoms with Gasteiger partial charge in [0, 0.05) is 22.8 Å². The number of hydrogen-bond donors (Lipinski definition) is 2. The summed E-state index contributed by atoms with van der Waals surface area (Å²) in [5.74, 6) is -0.828. The van der Waals surface area contributed by atoms with Crippen LogP contribution >= 0.6 is 11.6 Å². The highest BCUT2D eigenvalue weighted by Crippen LogP contribution is 2.56. The van der Waals surface area contributed by atoms with E-state index in [1.54, 1.807) is 6.07 Å². The van der Waals surface area contributed by atoms with E-state index in [-0.39, 0.29) is 35.7 Å². The molecule has 0 radical (unpaired) electrons. The van der Waals surface area contributed by atoms with Crippen LogP contribution in [0.4, 0.5) is 5.69 Å². The first kappa shape index (κ1) is 27.8. The molecule has 3 amide bonds. The SMILES string of the molecule is Cc1ccc(NC(=O)[C@@H]2[C@@H]3C=C[C@]4(O3)[C@@H]2C(=O)N([C@@H]2CCCC[C@@H]2C)[C@H]4C(=O)N[C@@H]2CCC[C@H](C)[C@@H]2C)cc1Cl. The number of nitrogens with one attached hydrogen (secondary N) is 2. The van der Waals surface area contributed by atoms with Crippen molar-refractivity contribution in [2.45, 2.75) is 102 Å². The highest BCUT2D eigenvalue weighted by atomic mass is 35.5. The molecule has 1 aromatic carbocycles. The molecule has 2 aliphatic carbocycles. The molecule has 0 aromatic heterocycles. The third kappa shape index (κ3) is 4.39. The van der Waals surface area contributed by atoms with Crippen molar-refractivity contribution in [3.05, 3.63) is 40.9 Å². The molecule has 40 heavy (non-hydrogen) atoms. The van der Waals surface area contributed by atoms with Crippen LogP contribution in [0.5, 0.6) is 0 Å². The van der Waals surface area contributed by atoms with Crippen LogP contribution in [0.15, 0.2) is 30.4 Å². The third-order valence-corrected chi connectivity index (χ3v) is 11.2. The summed E-state index contributed by atoms with van der Waals surface area (Å²) < 4.78 is 6.57. The van der Waals surface area contributed by atoms with Gasteiger partial charge in [-0.1, -0.05) is 76.3 Å². The van der Waals surface area contributed by atoms with Gasteiger partial charge in [0.2, 0.25) is 17.7 Å². The Morgan fingerprint density at radius 3 is 2.52 bits per heavy atom. The van der Waals surface area contributed by atoms with Gasteiger partial charge < -0.3 is 20.3 Å². The van der Waals surface area contributed by atoms with Crippen LogP contribution in [0.2, 0.25) is 5.02 Å². The molecular weight excluding hydrogens is 526 g/mol. The van der Waals surface area contributed by atoms with Crippen LogP contribution in [-0.4, -0.2) is 52.5 Å². The molecule has 2 bridgehead atoms. The Bertz CT molecular complexity index is 1230. The lowest BCUT2D eigenvalue weighted by Gasteiger charge is -2.42. The summed E-state index contributed by atoms with van der Waals surface area (Å²) in [6.45, 7) is 8.56. The Hall–Kier alpha value is -2.38. The van der Waals surface area contributed by atoms with E-state index >= 15 is 0 Å². The average molecular weight is 568 g/mol. The van der Waals surface area contributed by atoms with E-state index in [1.807, 2.05) is 36.1 Å². The van der Waals surface area contributed by atoms with Crippen molar-refractivity contribution in [3.63, 3.8) is 0 Å². The number of carbonyl (C=O) groups excluding carboxylic acids is 3. The second-order valence-electron chi connectivity index (χ2n) is 13.1. The summed E-state index contributed by atoms with van der Waals surface area (Å²) in [4.78, 5) is 44.3. The molecule has 2 saturated carbocycles. The van der Waals surface area contributed by atoms with E-state index in [0.717, 1.165) is 44.1 Å². The molecule has 216 valence electrons. The van der Waals surface area contributed by atoms with Crippen molar-refractivity contribution in [1.82, 2.24) is 10.2 Å². The Morgan fingerprint density at radius 1 is 1.02 bits per heavy atom. The van der Waals surface area contributed by atoms with Crippen molar-refractivity contribution in [3.8, 4) is 0 Å². The zero-order chi connectivity index (χ0) is 28.3. The van der Waals surface area contributed by atoms with Crippen LogP contribution in [0.3, 0.4) is 0 Å². The number of ether oxygens (including phenoxy) is 1. The molecule has 6 rings (SSSR count). The molecule has 1 aromatic rings. The highest BCUT2D eigenvalue weighted by Gasteiger charge is 2.73. The van der Waals surface area contributed by atoms with Crippen molar-refractivity contribution in [1.29, 1.82) is 0 Å². The van der Waals surface area contributed by atoms with Crippen molar-refractivity contribution < 1.29 is 19.1 Å². The number of carbonyl (C=O) groups is 3. The minimum absolute atomic E-state index is 0.0460. The number of hydrogen-bond acceptors (Lipinski definition) is 4. The average Bonchev–Trinajstić information content (AvgIpc) is 3.56. The van der Waals surface area contributed by atoms with Crippen LogP contribution in [-0.2, 0) is 19.1 Å². The first-order valence-corrected chi connectivity index (χ1v) is 15.6. The quantitative estimate of drug-likeness (QED) is 0.475. The lowest BCUT2D eigenvalue weighted by Crippen LogP contribution is -2.60. The van der Waals surface area contributed by atoms with Gasteiger partial charge >= 0.3 is 0 Å². The van der Waals surface area contributed by atoms with Gasteiger partial charge in [0.1, 0.15) is 11.6 Å². The zero-order valence-corrected chi connectivity index (χ0v) is 24.7. The maximum Gasteiger partial charge on any atom is 0.246 e. The van der Waals surface area contributed by atoms with Crippen molar-refractivity contribution in [2.75, 3.05) is 5.32 Å². The van der Waals surface area contributed by atoms with Crippen LogP contribution in [0.1, 0.15) is 71.3 Å².